The Bertz CT molecular complexity index is 420. The highest BCUT2D eigenvalue weighted by molar-refractivity contribution is 6.08. The highest BCUT2D eigenvalue weighted by atomic mass is 16.2. The molecule has 0 saturated carbocycles. The maximum absolute atomic E-state index is 11.7. The second kappa shape index (κ2) is 6.09. The van der Waals surface area contributed by atoms with Crippen LogP contribution in [0.3, 0.4) is 0 Å². The van der Waals surface area contributed by atoms with Gasteiger partial charge in [-0.25, -0.2) is 0 Å². The predicted octanol–water partition coefficient (Wildman–Crippen LogP) is 2.44. The first kappa shape index (κ1) is 13.3. The molecule has 0 saturated heterocycles. The largest absolute Gasteiger partial charge is 0.300 e. The molecule has 0 bridgehead atoms. The Morgan fingerprint density at radius 1 is 1.12 bits per heavy atom. The molecule has 0 spiro atoms. The standard InChI is InChI=1S/C14H16O3/c1-10(8-11(2)15)13(16)9-14(17)12-6-4-3-5-7-12/h3-7,10H,8-9H2,1-2H3. The molecular formula is C14H16O3. The van der Waals surface area contributed by atoms with Crippen LogP contribution >= 0.6 is 0 Å². The normalized spacial score (nSPS) is 11.9. The van der Waals surface area contributed by atoms with E-state index in [1.165, 1.54) is 6.92 Å². The summed E-state index contributed by atoms with van der Waals surface area (Å²) in [6, 6.07) is 8.71. The third-order valence-electron chi connectivity index (χ3n) is 2.57. The Morgan fingerprint density at radius 2 is 1.71 bits per heavy atom. The molecule has 3 nitrogen and oxygen atoms in total. The molecule has 0 aliphatic carbocycles. The van der Waals surface area contributed by atoms with Gasteiger partial charge in [0, 0.05) is 17.9 Å². The zero-order chi connectivity index (χ0) is 12.8. The quantitative estimate of drug-likeness (QED) is 0.559. The molecule has 90 valence electrons. The molecule has 1 aromatic carbocycles. The lowest BCUT2D eigenvalue weighted by molar-refractivity contribution is -0.126. The van der Waals surface area contributed by atoms with E-state index in [2.05, 4.69) is 0 Å². The lowest BCUT2D eigenvalue weighted by atomic mass is 9.95. The number of rotatable bonds is 6. The maximum atomic E-state index is 11.7. The van der Waals surface area contributed by atoms with Gasteiger partial charge in [0.1, 0.15) is 11.6 Å². The molecule has 3 heteroatoms. The number of carbonyl (C=O) groups excluding carboxylic acids is 3. The van der Waals surface area contributed by atoms with E-state index in [1.54, 1.807) is 31.2 Å². The molecular weight excluding hydrogens is 216 g/mol. The van der Waals surface area contributed by atoms with Gasteiger partial charge in [0.25, 0.3) is 0 Å². The fourth-order valence-electron chi connectivity index (χ4n) is 1.60. The van der Waals surface area contributed by atoms with Crippen molar-refractivity contribution in [2.75, 3.05) is 0 Å². The van der Waals surface area contributed by atoms with Crippen molar-refractivity contribution in [3.05, 3.63) is 35.9 Å². The van der Waals surface area contributed by atoms with Crippen molar-refractivity contribution < 1.29 is 14.4 Å². The van der Waals surface area contributed by atoms with Crippen LogP contribution in [0.4, 0.5) is 0 Å². The van der Waals surface area contributed by atoms with Crippen LogP contribution in [0.15, 0.2) is 30.3 Å². The third-order valence-corrected chi connectivity index (χ3v) is 2.57. The van der Waals surface area contributed by atoms with Crippen LogP contribution in [-0.4, -0.2) is 17.3 Å². The SMILES string of the molecule is CC(=O)CC(C)C(=O)CC(=O)c1ccccc1. The number of hydrogen-bond acceptors (Lipinski definition) is 3. The minimum Gasteiger partial charge on any atom is -0.300 e. The van der Waals surface area contributed by atoms with Crippen molar-refractivity contribution in [3.8, 4) is 0 Å². The maximum Gasteiger partial charge on any atom is 0.170 e. The number of benzene rings is 1. The summed E-state index contributed by atoms with van der Waals surface area (Å²) < 4.78 is 0. The van der Waals surface area contributed by atoms with Gasteiger partial charge in [-0.1, -0.05) is 37.3 Å². The van der Waals surface area contributed by atoms with Gasteiger partial charge < -0.3 is 4.79 Å². The molecule has 1 unspecified atom stereocenters. The highest BCUT2D eigenvalue weighted by Crippen LogP contribution is 2.10. The summed E-state index contributed by atoms with van der Waals surface area (Å²) in [7, 11) is 0. The van der Waals surface area contributed by atoms with Gasteiger partial charge in [-0.05, 0) is 6.92 Å². The van der Waals surface area contributed by atoms with Gasteiger partial charge in [-0.15, -0.1) is 0 Å². The summed E-state index contributed by atoms with van der Waals surface area (Å²) in [5.41, 5.74) is 0.538. The van der Waals surface area contributed by atoms with E-state index in [4.69, 9.17) is 0 Å². The Balaban J connectivity index is 2.58. The Kier molecular flexibility index (Phi) is 4.76. The molecule has 0 aliphatic heterocycles. The van der Waals surface area contributed by atoms with Crippen LogP contribution < -0.4 is 0 Å². The molecule has 0 heterocycles. The first-order valence-corrected chi connectivity index (χ1v) is 5.61. The monoisotopic (exact) mass is 232 g/mol. The molecule has 1 rings (SSSR count). The topological polar surface area (TPSA) is 51.2 Å². The Labute approximate surface area is 101 Å². The molecule has 1 atom stereocenters. The van der Waals surface area contributed by atoms with Crippen LogP contribution in [0, 0.1) is 5.92 Å². The summed E-state index contributed by atoms with van der Waals surface area (Å²) in [5.74, 6) is -0.766. The van der Waals surface area contributed by atoms with Gasteiger partial charge in [0.05, 0.1) is 6.42 Å². The Hall–Kier alpha value is -1.77. The van der Waals surface area contributed by atoms with E-state index in [0.29, 0.717) is 5.56 Å². The van der Waals surface area contributed by atoms with Crippen molar-refractivity contribution >= 4 is 17.3 Å². The molecule has 0 fully saturated rings. The second-order valence-electron chi connectivity index (χ2n) is 4.24. The van der Waals surface area contributed by atoms with E-state index in [1.807, 2.05) is 6.07 Å². The van der Waals surface area contributed by atoms with Crippen LogP contribution in [0.5, 0.6) is 0 Å². The van der Waals surface area contributed by atoms with Crippen molar-refractivity contribution in [2.45, 2.75) is 26.7 Å². The lowest BCUT2D eigenvalue weighted by Gasteiger charge is -2.07. The summed E-state index contributed by atoms with van der Waals surface area (Å²) in [5, 5.41) is 0. The molecule has 0 aliphatic rings. The lowest BCUT2D eigenvalue weighted by Crippen LogP contribution is -2.17. The van der Waals surface area contributed by atoms with E-state index in [9.17, 15) is 14.4 Å². The number of ketones is 3. The summed E-state index contributed by atoms with van der Waals surface area (Å²) in [6.07, 6.45) is 0.0827. The smallest absolute Gasteiger partial charge is 0.170 e. The molecule has 0 radical (unpaired) electrons. The minimum absolute atomic E-state index is 0.0296. The van der Waals surface area contributed by atoms with Gasteiger partial charge in [-0.3, -0.25) is 9.59 Å². The minimum atomic E-state index is -0.375. The first-order valence-electron chi connectivity index (χ1n) is 5.61. The van der Waals surface area contributed by atoms with E-state index in [0.717, 1.165) is 0 Å². The summed E-state index contributed by atoms with van der Waals surface area (Å²) in [6.45, 7) is 3.13. The van der Waals surface area contributed by atoms with Crippen molar-refractivity contribution in [2.24, 2.45) is 5.92 Å². The van der Waals surface area contributed by atoms with Crippen LogP contribution in [0.2, 0.25) is 0 Å². The Morgan fingerprint density at radius 3 is 2.24 bits per heavy atom. The van der Waals surface area contributed by atoms with E-state index < -0.39 is 0 Å². The summed E-state index contributed by atoms with van der Waals surface area (Å²) >= 11 is 0. The van der Waals surface area contributed by atoms with Gasteiger partial charge in [0.2, 0.25) is 0 Å². The fourth-order valence-corrected chi connectivity index (χ4v) is 1.60. The number of Topliss-reactive ketones (excluding diaryl/α,β-unsaturated/α-hetero) is 3. The molecule has 0 amide bonds. The van der Waals surface area contributed by atoms with Gasteiger partial charge >= 0.3 is 0 Å². The number of hydrogen-bond donors (Lipinski definition) is 0. The zero-order valence-corrected chi connectivity index (χ0v) is 10.1. The van der Waals surface area contributed by atoms with Crippen molar-refractivity contribution in [1.29, 1.82) is 0 Å². The first-order chi connectivity index (χ1) is 8.00. The van der Waals surface area contributed by atoms with Crippen LogP contribution in [0.1, 0.15) is 37.0 Å². The van der Waals surface area contributed by atoms with Crippen molar-refractivity contribution in [1.82, 2.24) is 0 Å². The molecule has 1 aromatic rings. The average Bonchev–Trinajstić information content (AvgIpc) is 2.29. The van der Waals surface area contributed by atoms with Crippen molar-refractivity contribution in [3.63, 3.8) is 0 Å². The van der Waals surface area contributed by atoms with Crippen LogP contribution in [-0.2, 0) is 9.59 Å². The third kappa shape index (κ3) is 4.31. The average molecular weight is 232 g/mol. The fraction of sp³-hybridized carbons (Fsp3) is 0.357. The van der Waals surface area contributed by atoms with Crippen LogP contribution in [0.25, 0.3) is 0 Å². The number of carbonyl (C=O) groups is 3. The highest BCUT2D eigenvalue weighted by Gasteiger charge is 2.18. The predicted molar refractivity (Wildman–Crippen MR) is 64.9 cm³/mol. The zero-order valence-electron chi connectivity index (χ0n) is 10.1. The second-order valence-corrected chi connectivity index (χ2v) is 4.24. The molecule has 17 heavy (non-hydrogen) atoms. The molecule has 0 aromatic heterocycles. The van der Waals surface area contributed by atoms with E-state index in [-0.39, 0.29) is 36.1 Å². The van der Waals surface area contributed by atoms with Gasteiger partial charge in [-0.2, -0.15) is 0 Å². The summed E-state index contributed by atoms with van der Waals surface area (Å²) in [4.78, 5) is 34.3. The molecule has 0 N–H and O–H groups in total. The van der Waals surface area contributed by atoms with Gasteiger partial charge in [0.15, 0.2) is 5.78 Å². The van der Waals surface area contributed by atoms with E-state index >= 15 is 0 Å².